The summed E-state index contributed by atoms with van der Waals surface area (Å²) in [5.74, 6) is 0.403. The van der Waals surface area contributed by atoms with Gasteiger partial charge in [-0.3, -0.25) is 0 Å². The lowest BCUT2D eigenvalue weighted by molar-refractivity contribution is 0.308. The highest BCUT2D eigenvalue weighted by Crippen LogP contribution is 2.25. The summed E-state index contributed by atoms with van der Waals surface area (Å²) in [6.45, 7) is 0. The molecule has 1 saturated carbocycles. The first-order valence-electron chi connectivity index (χ1n) is 5.75. The third-order valence-electron chi connectivity index (χ3n) is 3.23. The van der Waals surface area contributed by atoms with Gasteiger partial charge in [0, 0.05) is 10.9 Å². The largest absolute Gasteiger partial charge is 0.411 e. The maximum absolute atomic E-state index is 8.95. The molecule has 1 aromatic rings. The Kier molecular flexibility index (Phi) is 3.83. The Hall–Kier alpha value is -1.02. The Morgan fingerprint density at radius 2 is 2.00 bits per heavy atom. The zero-order valence-electron chi connectivity index (χ0n) is 9.19. The monoisotopic (exact) mass is 237 g/mol. The molecule has 16 heavy (non-hydrogen) atoms. The zero-order chi connectivity index (χ0) is 11.4. The number of oxime groups is 1. The second-order valence-electron chi connectivity index (χ2n) is 4.36. The van der Waals surface area contributed by atoms with Gasteiger partial charge in [0.25, 0.3) is 0 Å². The summed E-state index contributed by atoms with van der Waals surface area (Å²) >= 11 is 5.85. The van der Waals surface area contributed by atoms with Crippen LogP contribution in [-0.4, -0.2) is 10.9 Å². The molecular formula is C13H16ClNO. The topological polar surface area (TPSA) is 32.6 Å². The molecule has 0 aliphatic heterocycles. The average molecular weight is 238 g/mol. The van der Waals surface area contributed by atoms with Crippen LogP contribution < -0.4 is 0 Å². The first kappa shape index (κ1) is 11.5. The zero-order valence-corrected chi connectivity index (χ0v) is 9.95. The van der Waals surface area contributed by atoms with Gasteiger partial charge in [-0.2, -0.15) is 0 Å². The number of nitrogens with zero attached hydrogens (tertiary/aromatic N) is 1. The Morgan fingerprint density at radius 1 is 1.25 bits per heavy atom. The minimum Gasteiger partial charge on any atom is -0.411 e. The predicted octanol–water partition coefficient (Wildman–Crippen LogP) is 3.90. The van der Waals surface area contributed by atoms with E-state index < -0.39 is 0 Å². The Morgan fingerprint density at radius 3 is 2.69 bits per heavy atom. The minimum atomic E-state index is 0.403. The quantitative estimate of drug-likeness (QED) is 0.614. The summed E-state index contributed by atoms with van der Waals surface area (Å²) in [4.78, 5) is 0. The standard InChI is InChI=1S/C13H16ClNO/c14-12-7-5-10(6-8-12)9-11-3-1-2-4-13(11)15-16/h5-8,11,16H,1-4,9H2. The van der Waals surface area contributed by atoms with Crippen molar-refractivity contribution in [1.29, 1.82) is 0 Å². The molecule has 1 atom stereocenters. The highest BCUT2D eigenvalue weighted by Gasteiger charge is 2.21. The van der Waals surface area contributed by atoms with Gasteiger partial charge < -0.3 is 5.21 Å². The summed E-state index contributed by atoms with van der Waals surface area (Å²) < 4.78 is 0. The summed E-state index contributed by atoms with van der Waals surface area (Å²) in [6, 6.07) is 7.92. The van der Waals surface area contributed by atoms with Crippen molar-refractivity contribution in [1.82, 2.24) is 0 Å². The fourth-order valence-corrected chi connectivity index (χ4v) is 2.45. The second-order valence-corrected chi connectivity index (χ2v) is 4.80. The number of hydrogen-bond acceptors (Lipinski definition) is 2. The normalized spacial score (nSPS) is 23.6. The van der Waals surface area contributed by atoms with Gasteiger partial charge in [0.15, 0.2) is 0 Å². The first-order chi connectivity index (χ1) is 7.79. The van der Waals surface area contributed by atoms with Crippen LogP contribution in [0.2, 0.25) is 5.02 Å². The summed E-state index contributed by atoms with van der Waals surface area (Å²) in [5.41, 5.74) is 2.22. The third kappa shape index (κ3) is 2.76. The van der Waals surface area contributed by atoms with Crippen LogP contribution in [0.3, 0.4) is 0 Å². The van der Waals surface area contributed by atoms with Gasteiger partial charge >= 0.3 is 0 Å². The van der Waals surface area contributed by atoms with Crippen molar-refractivity contribution < 1.29 is 5.21 Å². The van der Waals surface area contributed by atoms with Gasteiger partial charge in [-0.15, -0.1) is 0 Å². The molecule has 1 aromatic carbocycles. The molecular weight excluding hydrogens is 222 g/mol. The van der Waals surface area contributed by atoms with Crippen LogP contribution >= 0.6 is 11.6 Å². The van der Waals surface area contributed by atoms with Gasteiger partial charge in [-0.05, 0) is 43.4 Å². The first-order valence-corrected chi connectivity index (χ1v) is 6.12. The molecule has 0 radical (unpaired) electrons. The Balaban J connectivity index is 2.05. The summed E-state index contributed by atoms with van der Waals surface area (Å²) in [5, 5.41) is 13.2. The van der Waals surface area contributed by atoms with Gasteiger partial charge in [0.2, 0.25) is 0 Å². The number of hydrogen-bond donors (Lipinski definition) is 1. The van der Waals surface area contributed by atoms with Crippen molar-refractivity contribution in [3.05, 3.63) is 34.9 Å². The van der Waals surface area contributed by atoms with Crippen LogP contribution in [-0.2, 0) is 6.42 Å². The second kappa shape index (κ2) is 5.35. The molecule has 0 amide bonds. The fourth-order valence-electron chi connectivity index (χ4n) is 2.32. The molecule has 1 unspecified atom stereocenters. The molecule has 2 rings (SSSR count). The fraction of sp³-hybridized carbons (Fsp3) is 0.462. The smallest absolute Gasteiger partial charge is 0.0604 e. The molecule has 1 N–H and O–H groups in total. The Bertz CT molecular complexity index is 372. The predicted molar refractivity (Wildman–Crippen MR) is 66.3 cm³/mol. The molecule has 2 nitrogen and oxygen atoms in total. The number of benzene rings is 1. The van der Waals surface area contributed by atoms with E-state index in [9.17, 15) is 0 Å². The number of rotatable bonds is 2. The van der Waals surface area contributed by atoms with Crippen LogP contribution in [0.4, 0.5) is 0 Å². The van der Waals surface area contributed by atoms with E-state index in [0.717, 1.165) is 36.4 Å². The Labute approximate surface area is 101 Å². The van der Waals surface area contributed by atoms with Gasteiger partial charge in [0.1, 0.15) is 0 Å². The lowest BCUT2D eigenvalue weighted by Gasteiger charge is -2.22. The maximum Gasteiger partial charge on any atom is 0.0604 e. The van der Waals surface area contributed by atoms with Gasteiger partial charge in [-0.1, -0.05) is 35.3 Å². The van der Waals surface area contributed by atoms with Crippen molar-refractivity contribution in [2.45, 2.75) is 32.1 Å². The van der Waals surface area contributed by atoms with E-state index in [1.54, 1.807) is 0 Å². The van der Waals surface area contributed by atoms with Crippen LogP contribution in [0.15, 0.2) is 29.4 Å². The van der Waals surface area contributed by atoms with E-state index >= 15 is 0 Å². The van der Waals surface area contributed by atoms with E-state index in [1.165, 1.54) is 12.0 Å². The number of halogens is 1. The highest BCUT2D eigenvalue weighted by molar-refractivity contribution is 6.30. The third-order valence-corrected chi connectivity index (χ3v) is 3.48. The van der Waals surface area contributed by atoms with E-state index in [2.05, 4.69) is 5.16 Å². The highest BCUT2D eigenvalue weighted by atomic mass is 35.5. The molecule has 0 aromatic heterocycles. The van der Waals surface area contributed by atoms with Crippen LogP contribution in [0, 0.1) is 5.92 Å². The lowest BCUT2D eigenvalue weighted by Crippen LogP contribution is -2.21. The molecule has 1 aliphatic carbocycles. The van der Waals surface area contributed by atoms with Gasteiger partial charge in [-0.25, -0.2) is 0 Å². The van der Waals surface area contributed by atoms with E-state index in [1.807, 2.05) is 24.3 Å². The van der Waals surface area contributed by atoms with Crippen LogP contribution in [0.25, 0.3) is 0 Å². The van der Waals surface area contributed by atoms with Gasteiger partial charge in [0.05, 0.1) is 5.71 Å². The molecule has 1 fully saturated rings. The molecule has 1 aliphatic rings. The van der Waals surface area contributed by atoms with Crippen molar-refractivity contribution in [3.63, 3.8) is 0 Å². The summed E-state index contributed by atoms with van der Waals surface area (Å²) in [7, 11) is 0. The van der Waals surface area contributed by atoms with Crippen molar-refractivity contribution in [2.75, 3.05) is 0 Å². The molecule has 0 spiro atoms. The molecule has 0 saturated heterocycles. The summed E-state index contributed by atoms with van der Waals surface area (Å²) in [6.07, 6.45) is 5.40. The van der Waals surface area contributed by atoms with Crippen molar-refractivity contribution in [3.8, 4) is 0 Å². The van der Waals surface area contributed by atoms with Crippen LogP contribution in [0.5, 0.6) is 0 Å². The SMILES string of the molecule is ON=C1CCCCC1Cc1ccc(Cl)cc1. The van der Waals surface area contributed by atoms with E-state index in [4.69, 9.17) is 16.8 Å². The van der Waals surface area contributed by atoms with E-state index in [-0.39, 0.29) is 0 Å². The molecule has 86 valence electrons. The lowest BCUT2D eigenvalue weighted by atomic mass is 9.83. The maximum atomic E-state index is 8.95. The molecule has 0 bridgehead atoms. The van der Waals surface area contributed by atoms with E-state index in [0.29, 0.717) is 5.92 Å². The molecule has 0 heterocycles. The van der Waals surface area contributed by atoms with Crippen LogP contribution in [0.1, 0.15) is 31.2 Å². The average Bonchev–Trinajstić information content (AvgIpc) is 2.33. The van der Waals surface area contributed by atoms with Crippen molar-refractivity contribution in [2.24, 2.45) is 11.1 Å². The molecule has 3 heteroatoms. The minimum absolute atomic E-state index is 0.403. The van der Waals surface area contributed by atoms with Crippen molar-refractivity contribution >= 4 is 17.3 Å².